The van der Waals surface area contributed by atoms with Crippen LogP contribution in [0.1, 0.15) is 11.1 Å². The van der Waals surface area contributed by atoms with Crippen molar-refractivity contribution < 1.29 is 0 Å². The first-order valence-electron chi connectivity index (χ1n) is 4.94. The predicted molar refractivity (Wildman–Crippen MR) is 65.9 cm³/mol. The van der Waals surface area contributed by atoms with E-state index in [2.05, 4.69) is 25.1 Å². The van der Waals surface area contributed by atoms with E-state index < -0.39 is 0 Å². The summed E-state index contributed by atoms with van der Waals surface area (Å²) < 4.78 is 0. The van der Waals surface area contributed by atoms with Gasteiger partial charge >= 0.3 is 0 Å². The van der Waals surface area contributed by atoms with Gasteiger partial charge in [0.1, 0.15) is 0 Å². The molecule has 0 radical (unpaired) electrons. The molecule has 0 saturated carbocycles. The number of nitriles is 1. The van der Waals surface area contributed by atoms with Crippen molar-refractivity contribution in [1.82, 2.24) is 4.90 Å². The number of thioether (sulfide) groups is 1. The normalized spacial score (nSPS) is 10.3. The topological polar surface area (TPSA) is 27.0 Å². The van der Waals surface area contributed by atoms with Crippen LogP contribution in [0, 0.1) is 11.3 Å². The molecule has 1 aromatic carbocycles. The fourth-order valence-corrected chi connectivity index (χ4v) is 2.29. The fourth-order valence-electron chi connectivity index (χ4n) is 1.18. The van der Waals surface area contributed by atoms with Gasteiger partial charge in [0.15, 0.2) is 0 Å². The average molecular weight is 220 g/mol. The maximum Gasteiger partial charge on any atom is 0.0994 e. The molecule has 0 saturated heterocycles. The summed E-state index contributed by atoms with van der Waals surface area (Å²) in [6, 6.07) is 10.0. The molecule has 1 aromatic rings. The first kappa shape index (κ1) is 12.1. The highest BCUT2D eigenvalue weighted by atomic mass is 32.2. The van der Waals surface area contributed by atoms with Gasteiger partial charge in [-0.2, -0.15) is 17.0 Å². The van der Waals surface area contributed by atoms with Crippen LogP contribution in [0.25, 0.3) is 0 Å². The first-order valence-corrected chi connectivity index (χ1v) is 6.10. The molecule has 0 aliphatic heterocycles. The Labute approximate surface area is 95.9 Å². The largest absolute Gasteiger partial charge is 0.309 e. The summed E-state index contributed by atoms with van der Waals surface area (Å²) in [6.07, 6.45) is 0. The quantitative estimate of drug-likeness (QED) is 0.713. The highest BCUT2D eigenvalue weighted by Crippen LogP contribution is 2.15. The molecule has 0 aliphatic carbocycles. The van der Waals surface area contributed by atoms with Gasteiger partial charge in [0.05, 0.1) is 11.6 Å². The summed E-state index contributed by atoms with van der Waals surface area (Å²) in [4.78, 5) is 2.17. The number of hydrogen-bond acceptors (Lipinski definition) is 3. The SMILES string of the molecule is CN(C)CCSCc1ccccc1C#N. The van der Waals surface area contributed by atoms with E-state index in [-0.39, 0.29) is 0 Å². The smallest absolute Gasteiger partial charge is 0.0994 e. The van der Waals surface area contributed by atoms with Crippen molar-refractivity contribution in [3.8, 4) is 6.07 Å². The third-order valence-electron chi connectivity index (χ3n) is 2.08. The zero-order valence-electron chi connectivity index (χ0n) is 9.23. The predicted octanol–water partition coefficient (Wildman–Crippen LogP) is 2.35. The zero-order chi connectivity index (χ0) is 11.1. The van der Waals surface area contributed by atoms with Crippen molar-refractivity contribution in [2.45, 2.75) is 5.75 Å². The van der Waals surface area contributed by atoms with Crippen LogP contribution in [0.3, 0.4) is 0 Å². The van der Waals surface area contributed by atoms with Gasteiger partial charge in [-0.05, 0) is 25.7 Å². The van der Waals surface area contributed by atoms with Crippen LogP contribution in [0.2, 0.25) is 0 Å². The summed E-state index contributed by atoms with van der Waals surface area (Å²) in [5.74, 6) is 2.03. The van der Waals surface area contributed by atoms with Crippen LogP contribution in [0.5, 0.6) is 0 Å². The van der Waals surface area contributed by atoms with Gasteiger partial charge in [-0.1, -0.05) is 18.2 Å². The van der Waals surface area contributed by atoms with Gasteiger partial charge in [-0.25, -0.2) is 0 Å². The highest BCUT2D eigenvalue weighted by molar-refractivity contribution is 7.98. The minimum atomic E-state index is 0.801. The third-order valence-corrected chi connectivity index (χ3v) is 3.06. The van der Waals surface area contributed by atoms with Crippen LogP contribution in [0.15, 0.2) is 24.3 Å². The van der Waals surface area contributed by atoms with Crippen LogP contribution in [-0.2, 0) is 5.75 Å². The van der Waals surface area contributed by atoms with E-state index in [9.17, 15) is 0 Å². The molecular weight excluding hydrogens is 204 g/mol. The number of rotatable bonds is 5. The van der Waals surface area contributed by atoms with Gasteiger partial charge < -0.3 is 4.90 Å². The molecule has 0 amide bonds. The molecule has 80 valence electrons. The van der Waals surface area contributed by atoms with Gasteiger partial charge in [-0.15, -0.1) is 0 Å². The molecule has 0 fully saturated rings. The molecule has 15 heavy (non-hydrogen) atoms. The Hall–Kier alpha value is -0.980. The maximum atomic E-state index is 8.90. The zero-order valence-corrected chi connectivity index (χ0v) is 10.0. The van der Waals surface area contributed by atoms with E-state index in [0.717, 1.165) is 29.2 Å². The fraction of sp³-hybridized carbons (Fsp3) is 0.417. The third kappa shape index (κ3) is 4.37. The van der Waals surface area contributed by atoms with Gasteiger partial charge in [0.25, 0.3) is 0 Å². The van der Waals surface area contributed by atoms with E-state index in [0.29, 0.717) is 0 Å². The van der Waals surface area contributed by atoms with Crippen LogP contribution in [0.4, 0.5) is 0 Å². The van der Waals surface area contributed by atoms with Crippen molar-refractivity contribution in [3.05, 3.63) is 35.4 Å². The van der Waals surface area contributed by atoms with Gasteiger partial charge in [-0.3, -0.25) is 0 Å². The molecule has 3 heteroatoms. The van der Waals surface area contributed by atoms with Crippen LogP contribution < -0.4 is 0 Å². The molecule has 0 aliphatic rings. The Morgan fingerprint density at radius 1 is 1.33 bits per heavy atom. The van der Waals surface area contributed by atoms with Crippen molar-refractivity contribution >= 4 is 11.8 Å². The lowest BCUT2D eigenvalue weighted by Crippen LogP contribution is -2.14. The summed E-state index contributed by atoms with van der Waals surface area (Å²) in [5.41, 5.74) is 1.94. The lowest BCUT2D eigenvalue weighted by molar-refractivity contribution is 0.437. The number of hydrogen-bond donors (Lipinski definition) is 0. The van der Waals surface area contributed by atoms with Gasteiger partial charge in [0, 0.05) is 18.1 Å². The van der Waals surface area contributed by atoms with Gasteiger partial charge in [0.2, 0.25) is 0 Å². The maximum absolute atomic E-state index is 8.90. The molecule has 0 unspecified atom stereocenters. The second kappa shape index (κ2) is 6.49. The van der Waals surface area contributed by atoms with E-state index >= 15 is 0 Å². The van der Waals surface area contributed by atoms with E-state index in [4.69, 9.17) is 5.26 Å². The Kier molecular flexibility index (Phi) is 5.23. The second-order valence-electron chi connectivity index (χ2n) is 3.62. The molecular formula is C12H16N2S. The van der Waals surface area contributed by atoms with E-state index in [1.165, 1.54) is 0 Å². The first-order chi connectivity index (χ1) is 7.24. The summed E-state index contributed by atoms with van der Waals surface area (Å²) in [6.45, 7) is 1.08. The van der Waals surface area contributed by atoms with Crippen LogP contribution in [-0.4, -0.2) is 31.3 Å². The Balaban J connectivity index is 2.41. The van der Waals surface area contributed by atoms with Crippen molar-refractivity contribution in [3.63, 3.8) is 0 Å². The van der Waals surface area contributed by atoms with Crippen molar-refractivity contribution in [2.75, 3.05) is 26.4 Å². The van der Waals surface area contributed by atoms with Crippen molar-refractivity contribution in [1.29, 1.82) is 5.26 Å². The summed E-state index contributed by atoms with van der Waals surface area (Å²) in [7, 11) is 4.15. The lowest BCUT2D eigenvalue weighted by atomic mass is 10.1. The van der Waals surface area contributed by atoms with E-state index in [1.807, 2.05) is 36.0 Å². The number of nitrogens with zero attached hydrogens (tertiary/aromatic N) is 2. The van der Waals surface area contributed by atoms with Crippen molar-refractivity contribution in [2.24, 2.45) is 0 Å². The highest BCUT2D eigenvalue weighted by Gasteiger charge is 2.00. The minimum absolute atomic E-state index is 0.801. The van der Waals surface area contributed by atoms with Crippen LogP contribution >= 0.6 is 11.8 Å². The summed E-state index contributed by atoms with van der Waals surface area (Å²) in [5, 5.41) is 8.90. The van der Waals surface area contributed by atoms with E-state index in [1.54, 1.807) is 0 Å². The Morgan fingerprint density at radius 3 is 2.73 bits per heavy atom. The molecule has 0 aromatic heterocycles. The average Bonchev–Trinajstić information content (AvgIpc) is 2.24. The lowest BCUT2D eigenvalue weighted by Gasteiger charge is -2.09. The second-order valence-corrected chi connectivity index (χ2v) is 4.73. The summed E-state index contributed by atoms with van der Waals surface area (Å²) >= 11 is 1.87. The molecule has 0 bridgehead atoms. The monoisotopic (exact) mass is 220 g/mol. The standard InChI is InChI=1S/C12H16N2S/c1-14(2)7-8-15-10-12-6-4-3-5-11(12)9-13/h3-6H,7-8,10H2,1-2H3. The molecule has 0 spiro atoms. The Bertz CT molecular complexity index is 342. The molecule has 0 heterocycles. The Morgan fingerprint density at radius 2 is 2.07 bits per heavy atom. The molecule has 0 atom stereocenters. The molecule has 1 rings (SSSR count). The minimum Gasteiger partial charge on any atom is -0.309 e. The number of benzene rings is 1. The molecule has 2 nitrogen and oxygen atoms in total. The molecule has 0 N–H and O–H groups in total.